The van der Waals surface area contributed by atoms with E-state index in [2.05, 4.69) is 16.7 Å². The molecule has 1 amide bonds. The summed E-state index contributed by atoms with van der Waals surface area (Å²) < 4.78 is 7.30. The number of piperidine rings is 1. The van der Waals surface area contributed by atoms with Gasteiger partial charge in [-0.2, -0.15) is 0 Å². The highest BCUT2D eigenvalue weighted by Crippen LogP contribution is 2.17. The summed E-state index contributed by atoms with van der Waals surface area (Å²) in [4.78, 5) is 26.0. The van der Waals surface area contributed by atoms with Crippen molar-refractivity contribution in [2.45, 2.75) is 33.1 Å². The lowest BCUT2D eigenvalue weighted by atomic mass is 10.1. The molecular formula is C20H24N2O3. The minimum absolute atomic E-state index is 0.108. The van der Waals surface area contributed by atoms with Crippen LogP contribution in [0.3, 0.4) is 0 Å². The van der Waals surface area contributed by atoms with Gasteiger partial charge in [-0.25, -0.2) is 4.79 Å². The van der Waals surface area contributed by atoms with Crippen molar-refractivity contribution in [1.82, 2.24) is 9.47 Å². The Morgan fingerprint density at radius 3 is 2.12 bits per heavy atom. The monoisotopic (exact) mass is 340 g/mol. The van der Waals surface area contributed by atoms with Crippen LogP contribution in [0.5, 0.6) is 0 Å². The van der Waals surface area contributed by atoms with Crippen molar-refractivity contribution in [3.05, 3.63) is 53.3 Å². The molecule has 1 fully saturated rings. The molecule has 0 saturated carbocycles. The number of aromatic nitrogens is 1. The highest BCUT2D eigenvalue weighted by Gasteiger charge is 2.18. The molecule has 132 valence electrons. The maximum absolute atomic E-state index is 12.2. The Bertz CT molecular complexity index is 736. The van der Waals surface area contributed by atoms with Crippen LogP contribution in [0.4, 0.5) is 0 Å². The number of hydrogen-bond acceptors (Lipinski definition) is 3. The predicted molar refractivity (Wildman–Crippen MR) is 96.0 cm³/mol. The number of ether oxygens (including phenoxy) is 1. The summed E-state index contributed by atoms with van der Waals surface area (Å²) in [5.41, 5.74) is 3.73. The van der Waals surface area contributed by atoms with E-state index < -0.39 is 5.97 Å². The molecule has 5 heteroatoms. The number of hydrogen-bond donors (Lipinski definition) is 0. The number of aryl methyl sites for hydroxylation is 2. The molecule has 0 atom stereocenters. The summed E-state index contributed by atoms with van der Waals surface area (Å²) in [6.45, 7) is 5.43. The van der Waals surface area contributed by atoms with Crippen LogP contribution in [0.1, 0.15) is 41.0 Å². The van der Waals surface area contributed by atoms with Gasteiger partial charge in [0.15, 0.2) is 6.61 Å². The third-order valence-electron chi connectivity index (χ3n) is 4.67. The number of nitrogens with zero attached hydrogens (tertiary/aromatic N) is 2. The number of carbonyl (C=O) groups is 2. The van der Waals surface area contributed by atoms with E-state index in [9.17, 15) is 9.59 Å². The molecule has 0 bridgehead atoms. The topological polar surface area (TPSA) is 51.5 Å². The lowest BCUT2D eigenvalue weighted by Gasteiger charge is -2.26. The zero-order valence-corrected chi connectivity index (χ0v) is 14.8. The molecule has 5 nitrogen and oxygen atoms in total. The first-order valence-electron chi connectivity index (χ1n) is 8.76. The zero-order valence-electron chi connectivity index (χ0n) is 14.8. The molecule has 2 heterocycles. The second-order valence-electron chi connectivity index (χ2n) is 6.52. The molecule has 0 aliphatic carbocycles. The van der Waals surface area contributed by atoms with Gasteiger partial charge in [0.05, 0.1) is 5.56 Å². The van der Waals surface area contributed by atoms with E-state index in [4.69, 9.17) is 4.74 Å². The minimum Gasteiger partial charge on any atom is -0.452 e. The summed E-state index contributed by atoms with van der Waals surface area (Å²) in [5, 5.41) is 0. The van der Waals surface area contributed by atoms with Gasteiger partial charge in [-0.1, -0.05) is 0 Å². The van der Waals surface area contributed by atoms with Gasteiger partial charge in [-0.15, -0.1) is 0 Å². The fraction of sp³-hybridized carbons (Fsp3) is 0.400. The van der Waals surface area contributed by atoms with Gasteiger partial charge in [0.2, 0.25) is 0 Å². The Morgan fingerprint density at radius 1 is 0.920 bits per heavy atom. The van der Waals surface area contributed by atoms with E-state index in [-0.39, 0.29) is 12.5 Å². The normalized spacial score (nSPS) is 14.4. The summed E-state index contributed by atoms with van der Waals surface area (Å²) in [6, 6.07) is 11.4. The van der Waals surface area contributed by atoms with E-state index in [1.165, 1.54) is 0 Å². The van der Waals surface area contributed by atoms with Crippen LogP contribution >= 0.6 is 0 Å². The molecule has 1 saturated heterocycles. The van der Waals surface area contributed by atoms with Crippen LogP contribution in [0.2, 0.25) is 0 Å². The van der Waals surface area contributed by atoms with Crippen molar-refractivity contribution in [3.63, 3.8) is 0 Å². The van der Waals surface area contributed by atoms with Gasteiger partial charge >= 0.3 is 5.97 Å². The van der Waals surface area contributed by atoms with Gasteiger partial charge in [-0.05, 0) is 69.5 Å². The maximum atomic E-state index is 12.2. The summed E-state index contributed by atoms with van der Waals surface area (Å²) in [6.07, 6.45) is 3.22. The molecule has 0 unspecified atom stereocenters. The maximum Gasteiger partial charge on any atom is 0.338 e. The van der Waals surface area contributed by atoms with Gasteiger partial charge in [-0.3, -0.25) is 4.79 Å². The summed E-state index contributed by atoms with van der Waals surface area (Å²) in [5.74, 6) is -0.568. The molecule has 0 spiro atoms. The molecule has 0 N–H and O–H groups in total. The predicted octanol–water partition coefficient (Wildman–Crippen LogP) is 3.26. The average molecular weight is 340 g/mol. The van der Waals surface area contributed by atoms with Crippen LogP contribution in [0.15, 0.2) is 36.4 Å². The quantitative estimate of drug-likeness (QED) is 0.803. The largest absolute Gasteiger partial charge is 0.452 e. The molecule has 25 heavy (non-hydrogen) atoms. The van der Waals surface area contributed by atoms with E-state index in [1.807, 2.05) is 26.0 Å². The van der Waals surface area contributed by atoms with E-state index in [0.717, 1.165) is 49.4 Å². The number of carbonyl (C=O) groups excluding carboxylic acids is 2. The Balaban J connectivity index is 1.60. The van der Waals surface area contributed by atoms with E-state index >= 15 is 0 Å². The third kappa shape index (κ3) is 3.92. The van der Waals surface area contributed by atoms with E-state index in [0.29, 0.717) is 5.56 Å². The second-order valence-corrected chi connectivity index (χ2v) is 6.52. The highest BCUT2D eigenvalue weighted by molar-refractivity contribution is 5.91. The minimum atomic E-state index is -0.460. The van der Waals surface area contributed by atoms with Crippen molar-refractivity contribution in [2.24, 2.45) is 0 Å². The van der Waals surface area contributed by atoms with Gasteiger partial charge in [0.1, 0.15) is 0 Å². The van der Waals surface area contributed by atoms with Crippen molar-refractivity contribution in [3.8, 4) is 5.69 Å². The lowest BCUT2D eigenvalue weighted by Crippen LogP contribution is -2.38. The number of benzene rings is 1. The Kier molecular flexibility index (Phi) is 5.22. The Hall–Kier alpha value is -2.56. The van der Waals surface area contributed by atoms with Crippen LogP contribution in [-0.4, -0.2) is 41.0 Å². The first-order valence-corrected chi connectivity index (χ1v) is 8.76. The molecule has 3 rings (SSSR count). The first kappa shape index (κ1) is 17.3. The first-order chi connectivity index (χ1) is 12.1. The van der Waals surface area contributed by atoms with Crippen molar-refractivity contribution in [1.29, 1.82) is 0 Å². The second kappa shape index (κ2) is 7.55. The van der Waals surface area contributed by atoms with Crippen LogP contribution in [-0.2, 0) is 9.53 Å². The average Bonchev–Trinajstić information content (AvgIpc) is 2.98. The Labute approximate surface area is 148 Å². The molecule has 1 aromatic carbocycles. The molecule has 1 aliphatic rings. The summed E-state index contributed by atoms with van der Waals surface area (Å²) >= 11 is 0. The highest BCUT2D eigenvalue weighted by atomic mass is 16.5. The van der Waals surface area contributed by atoms with Crippen LogP contribution in [0.25, 0.3) is 5.69 Å². The van der Waals surface area contributed by atoms with Crippen molar-refractivity contribution < 1.29 is 14.3 Å². The smallest absolute Gasteiger partial charge is 0.338 e. The van der Waals surface area contributed by atoms with E-state index in [1.54, 1.807) is 17.0 Å². The number of amides is 1. The third-order valence-corrected chi connectivity index (χ3v) is 4.67. The fourth-order valence-electron chi connectivity index (χ4n) is 3.27. The van der Waals surface area contributed by atoms with Crippen LogP contribution in [0, 0.1) is 13.8 Å². The lowest BCUT2D eigenvalue weighted by molar-refractivity contribution is -0.135. The van der Waals surface area contributed by atoms with Gasteiger partial charge < -0.3 is 14.2 Å². The standard InChI is InChI=1S/C20H24N2O3/c1-15-6-7-16(2)22(15)18-10-8-17(9-11-18)20(24)25-14-19(23)21-12-4-3-5-13-21/h6-11H,3-5,12-14H2,1-2H3. The summed E-state index contributed by atoms with van der Waals surface area (Å²) in [7, 11) is 0. The van der Waals surface area contributed by atoms with Gasteiger partial charge in [0, 0.05) is 30.2 Å². The SMILES string of the molecule is Cc1ccc(C)n1-c1ccc(C(=O)OCC(=O)N2CCCCC2)cc1. The molecule has 2 aromatic rings. The van der Waals surface area contributed by atoms with Gasteiger partial charge in [0.25, 0.3) is 5.91 Å². The van der Waals surface area contributed by atoms with Crippen molar-refractivity contribution in [2.75, 3.05) is 19.7 Å². The molecule has 0 radical (unpaired) electrons. The number of esters is 1. The zero-order chi connectivity index (χ0) is 17.8. The molecular weight excluding hydrogens is 316 g/mol. The number of likely N-dealkylation sites (tertiary alicyclic amines) is 1. The van der Waals surface area contributed by atoms with Crippen molar-refractivity contribution >= 4 is 11.9 Å². The van der Waals surface area contributed by atoms with Crippen LogP contribution < -0.4 is 0 Å². The fourth-order valence-corrected chi connectivity index (χ4v) is 3.27. The number of rotatable bonds is 4. The Morgan fingerprint density at radius 2 is 1.52 bits per heavy atom. The molecule has 1 aromatic heterocycles. The molecule has 1 aliphatic heterocycles.